The Morgan fingerprint density at radius 3 is 1.45 bits per heavy atom. The summed E-state index contributed by atoms with van der Waals surface area (Å²) >= 11 is 0. The van der Waals surface area contributed by atoms with Crippen LogP contribution in [0.4, 0.5) is 8.78 Å². The minimum Gasteiger partial charge on any atom is -0.461 e. The van der Waals surface area contributed by atoms with E-state index in [4.69, 9.17) is 17.7 Å². The Bertz CT molecular complexity index is 2620. The molecule has 0 radical (unpaired) electrons. The molecule has 2 aliphatic heterocycles. The summed E-state index contributed by atoms with van der Waals surface area (Å²) in [5.74, 6) is -6.40. The molecule has 4 amide bonds. The molecule has 6 rings (SSSR count). The number of likely N-dealkylation sites (tertiary alicyclic amines) is 2. The third kappa shape index (κ3) is 10.4. The van der Waals surface area contributed by atoms with Gasteiger partial charge in [0.15, 0.2) is 0 Å². The van der Waals surface area contributed by atoms with Gasteiger partial charge >= 0.3 is 11.9 Å². The normalized spacial score (nSPS) is 23.7. The molecule has 64 heavy (non-hydrogen) atoms. The quantitative estimate of drug-likeness (QED) is 0.0847. The molecule has 0 bridgehead atoms. The van der Waals surface area contributed by atoms with Crippen LogP contribution in [0.25, 0.3) is 33.2 Å². The molecule has 0 spiro atoms. The summed E-state index contributed by atoms with van der Waals surface area (Å²) in [7, 11) is 0. The molecule has 4 aromatic rings. The number of fused-ring (bicyclic) bond motifs is 2. The summed E-state index contributed by atoms with van der Waals surface area (Å²) in [5.41, 5.74) is -0.952. The number of esters is 2. The minimum atomic E-state index is -2.77. The largest absolute Gasteiger partial charge is 0.461 e. The van der Waals surface area contributed by atoms with E-state index < -0.39 is 122 Å². The number of halogens is 2. The monoisotopic (exact) mass is 901 g/mol. The Morgan fingerprint density at radius 1 is 0.719 bits per heavy atom. The third-order valence-electron chi connectivity index (χ3n) is 11.4. The van der Waals surface area contributed by atoms with E-state index in [-0.39, 0.29) is 83.1 Å². The van der Waals surface area contributed by atoms with E-state index in [1.807, 2.05) is 0 Å². The maximum atomic E-state index is 15.2. The number of hydrogen-bond acceptors (Lipinski definition) is 10. The van der Waals surface area contributed by atoms with Gasteiger partial charge in [-0.2, -0.15) is 0 Å². The number of ether oxygens (including phenoxy) is 2. The highest BCUT2D eigenvalue weighted by atomic mass is 19.1. The average molecular weight is 901 g/mol. The molecule has 6 N–H and O–H groups in total. The molecule has 4 heterocycles. The first-order valence-electron chi connectivity index (χ1n) is 26.0. The number of aromatic nitrogens is 2. The third-order valence-corrected chi connectivity index (χ3v) is 11.4. The minimum absolute atomic E-state index is 0.00611. The number of rotatable bonds is 17. The van der Waals surface area contributed by atoms with E-state index in [1.54, 1.807) is 13.8 Å². The maximum Gasteiger partial charge on any atom is 0.302 e. The first-order chi connectivity index (χ1) is 34.3. The number of H-pyrrole nitrogens is 2. The number of likely N-dealkylation sites (N-methyl/N-ethyl adjacent to an activating group) is 2. The molecule has 2 saturated heterocycles. The predicted molar refractivity (Wildman–Crippen MR) is 236 cm³/mol. The van der Waals surface area contributed by atoms with Gasteiger partial charge in [-0.25, -0.2) is 8.78 Å². The Kier molecular flexibility index (Phi) is 11.3. The topological polar surface area (TPSA) is 207 Å². The van der Waals surface area contributed by atoms with Gasteiger partial charge in [-0.1, -0.05) is 13.8 Å². The molecule has 2 aliphatic rings. The predicted octanol–water partition coefficient (Wildman–Crippen LogP) is 3.75. The van der Waals surface area contributed by atoms with Crippen LogP contribution in [0.15, 0.2) is 36.4 Å². The molecule has 18 heteroatoms. The zero-order valence-electron chi connectivity index (χ0n) is 46.2. The van der Waals surface area contributed by atoms with Gasteiger partial charge in [0.05, 0.1) is 36.6 Å². The van der Waals surface area contributed by atoms with Crippen molar-refractivity contribution in [3.05, 3.63) is 59.2 Å². The molecule has 8 atom stereocenters. The van der Waals surface area contributed by atoms with E-state index in [9.17, 15) is 34.3 Å². The van der Waals surface area contributed by atoms with Gasteiger partial charge in [-0.15, -0.1) is 0 Å². The molecular formula is C46H60F2N8O8. The second-order valence-electron chi connectivity index (χ2n) is 16.0. The second kappa shape index (κ2) is 20.3. The Labute approximate surface area is 385 Å². The smallest absolute Gasteiger partial charge is 0.302 e. The van der Waals surface area contributed by atoms with Crippen molar-refractivity contribution in [1.29, 1.82) is 0 Å². The number of aromatic amines is 2. The number of carbonyl (C=O) groups is 6. The van der Waals surface area contributed by atoms with Crippen LogP contribution >= 0.6 is 0 Å². The number of nitrogens with one attached hydrogen (secondary N) is 6. The van der Waals surface area contributed by atoms with E-state index >= 15 is 8.78 Å². The van der Waals surface area contributed by atoms with E-state index in [2.05, 4.69) is 31.2 Å². The summed E-state index contributed by atoms with van der Waals surface area (Å²) in [6, 6.07) is -1.63. The molecule has 16 nitrogen and oxygen atoms in total. The van der Waals surface area contributed by atoms with Gasteiger partial charge in [0.25, 0.3) is 0 Å². The van der Waals surface area contributed by atoms with Crippen LogP contribution < -0.4 is 21.3 Å². The highest BCUT2D eigenvalue weighted by molar-refractivity contribution is 5.97. The number of hydrogen-bond donors (Lipinski definition) is 6. The van der Waals surface area contributed by atoms with Gasteiger partial charge in [0.2, 0.25) is 23.6 Å². The fourth-order valence-electron chi connectivity index (χ4n) is 8.15. The van der Waals surface area contributed by atoms with Crippen molar-refractivity contribution in [3.8, 4) is 11.4 Å². The zero-order chi connectivity index (χ0) is 55.2. The molecule has 0 saturated carbocycles. The van der Waals surface area contributed by atoms with Crippen LogP contribution in [0, 0.1) is 11.6 Å². The first kappa shape index (κ1) is 35.5. The number of benzene rings is 2. The van der Waals surface area contributed by atoms with E-state index in [1.165, 1.54) is 26.0 Å². The summed E-state index contributed by atoms with van der Waals surface area (Å²) in [6.45, 7) is 1.74. The van der Waals surface area contributed by atoms with Gasteiger partial charge in [-0.3, -0.25) is 28.8 Å². The van der Waals surface area contributed by atoms with Crippen LogP contribution in [-0.2, 0) is 51.0 Å². The summed E-state index contributed by atoms with van der Waals surface area (Å²) in [4.78, 5) is 88.7. The molecule has 2 aromatic heterocycles. The number of carbonyl (C=O) groups excluding carboxylic acids is 6. The molecule has 2 aromatic carbocycles. The van der Waals surface area contributed by atoms with Crippen LogP contribution in [0.2, 0.25) is 0 Å². The van der Waals surface area contributed by atoms with Crippen molar-refractivity contribution in [3.63, 3.8) is 0 Å². The Hall–Kier alpha value is -5.88. The van der Waals surface area contributed by atoms with Crippen molar-refractivity contribution in [2.45, 2.75) is 128 Å². The highest BCUT2D eigenvalue weighted by Crippen LogP contribution is 2.40. The van der Waals surface area contributed by atoms with Crippen LogP contribution in [0.5, 0.6) is 0 Å². The lowest BCUT2D eigenvalue weighted by Crippen LogP contribution is -2.53. The Morgan fingerprint density at radius 2 is 1.11 bits per heavy atom. The van der Waals surface area contributed by atoms with Gasteiger partial charge in [0, 0.05) is 74.3 Å². The number of amides is 4. The van der Waals surface area contributed by atoms with Gasteiger partial charge < -0.3 is 50.5 Å². The van der Waals surface area contributed by atoms with Gasteiger partial charge in [-0.05, 0) is 101 Å². The second-order valence-corrected chi connectivity index (χ2v) is 16.0. The molecule has 346 valence electrons. The number of nitrogens with zero attached hydrogens (tertiary/aromatic N) is 2. The van der Waals surface area contributed by atoms with Crippen molar-refractivity contribution < 1.29 is 60.7 Å². The SMILES string of the molecule is [2H]C([2H])([2H])N[C@@H](C)C(=O)N[C@@H](CC)C(=O)N1C[C@@H](OC(C)=O)C[C@H]1C([2H])([2H])c1c(-c2[nH]c3cc(F)ccc3c2C([2H])([2H])[C@@H]2C[C@H](OC(C)=O)CN2C(=O)[C@H](CC)NC(=O)[C@H](C)NC([2H])([2H])[2H])[nH]c2cc(F)ccc12. The van der Waals surface area contributed by atoms with Crippen molar-refractivity contribution in [2.24, 2.45) is 0 Å². The molecule has 0 aliphatic carbocycles. The van der Waals surface area contributed by atoms with E-state index in [0.29, 0.717) is 0 Å². The van der Waals surface area contributed by atoms with Crippen LogP contribution in [-0.4, -0.2) is 131 Å². The van der Waals surface area contributed by atoms with Crippen molar-refractivity contribution >= 4 is 57.4 Å². The fourth-order valence-corrected chi connectivity index (χ4v) is 8.15. The standard InChI is InChI=1S/C46H60F2N8O8/c1-9-37(53-43(59)23(3)49-7)45(61)55-21-31(63-25(5)57)17-29(55)19-35-33-13-11-27(47)15-39(33)51-41(35)42-36(34-14-12-28(48)16-40(34)52-42)20-30-18-32(64-26(6)58)22-56(30)46(62)38(10-2)54-44(60)24(4)50-8/h11-16,23-24,29-32,37-38,49-52H,9-10,17-22H2,1-8H3,(H,53,59)(H,54,60)/t23-,24-,29-,30-,31-,32-,37-,38-/m0/s1/i7D3,8D3,19D2,20D2. The fraction of sp³-hybridized carbons (Fsp3) is 0.522. The lowest BCUT2D eigenvalue weighted by molar-refractivity contribution is -0.147. The summed E-state index contributed by atoms with van der Waals surface area (Å²) < 4.78 is 127. The molecular weight excluding hydrogens is 831 g/mol. The lowest BCUT2D eigenvalue weighted by Gasteiger charge is -2.30. The van der Waals surface area contributed by atoms with Crippen molar-refractivity contribution in [1.82, 2.24) is 41.0 Å². The summed E-state index contributed by atoms with van der Waals surface area (Å²) in [5, 5.41) is 9.48. The van der Waals surface area contributed by atoms with E-state index in [0.717, 1.165) is 47.9 Å². The Balaban J connectivity index is 1.52. The van der Waals surface area contributed by atoms with Crippen LogP contribution in [0.1, 0.15) is 92.1 Å². The first-order valence-corrected chi connectivity index (χ1v) is 21.0. The summed E-state index contributed by atoms with van der Waals surface area (Å²) in [6.07, 6.45) is -8.48. The molecule has 0 unspecified atom stereocenters. The zero-order valence-corrected chi connectivity index (χ0v) is 36.2. The maximum absolute atomic E-state index is 15.2. The lowest BCUT2D eigenvalue weighted by atomic mass is 9.94. The van der Waals surface area contributed by atoms with Crippen molar-refractivity contribution in [2.75, 3.05) is 27.0 Å². The molecule has 2 fully saturated rings. The van der Waals surface area contributed by atoms with Gasteiger partial charge in [0.1, 0.15) is 35.9 Å². The van der Waals surface area contributed by atoms with Crippen LogP contribution in [0.3, 0.4) is 0 Å². The average Bonchev–Trinajstić information content (AvgIpc) is 4.08. The highest BCUT2D eigenvalue weighted by Gasteiger charge is 2.43.